The van der Waals surface area contributed by atoms with Gasteiger partial charge in [-0.3, -0.25) is 9.59 Å². The fourth-order valence-corrected chi connectivity index (χ4v) is 9.12. The lowest BCUT2D eigenvalue weighted by Crippen LogP contribution is -2.61. The van der Waals surface area contributed by atoms with Gasteiger partial charge in [0.05, 0.1) is 53.7 Å². The molecule has 1 unspecified atom stereocenters. The highest BCUT2D eigenvalue weighted by molar-refractivity contribution is 5.83. The van der Waals surface area contributed by atoms with Gasteiger partial charge in [0, 0.05) is 44.4 Å². The van der Waals surface area contributed by atoms with Crippen LogP contribution in [0, 0.1) is 23.7 Å². The first-order chi connectivity index (χ1) is 25.4. The van der Waals surface area contributed by atoms with Gasteiger partial charge in [-0.2, -0.15) is 0 Å². The van der Waals surface area contributed by atoms with E-state index in [0.29, 0.717) is 6.42 Å². The van der Waals surface area contributed by atoms with Crippen molar-refractivity contribution in [1.82, 2.24) is 4.90 Å². The lowest BCUT2D eigenvalue weighted by molar-refractivity contribution is -0.323. The van der Waals surface area contributed by atoms with Gasteiger partial charge in [-0.25, -0.2) is 0 Å². The number of rotatable bonds is 10. The fourth-order valence-electron chi connectivity index (χ4n) is 9.12. The maximum atomic E-state index is 14.3. The summed E-state index contributed by atoms with van der Waals surface area (Å²) in [6.07, 6.45) is -7.70. The Kier molecular flexibility index (Phi) is 16.8. The number of hydrogen-bond donors (Lipinski definition) is 3. The second-order valence-electron chi connectivity index (χ2n) is 17.8. The average Bonchev–Trinajstić information content (AvgIpc) is 3.11. The number of esters is 1. The maximum absolute atomic E-state index is 14.3. The fraction of sp³-hybridized carbons (Fsp3) is 0.951. The normalized spacial score (nSPS) is 47.1. The minimum Gasteiger partial charge on any atom is -0.459 e. The molecular formula is C41H75NO13. The molecule has 0 spiro atoms. The first kappa shape index (κ1) is 48.1. The summed E-state index contributed by atoms with van der Waals surface area (Å²) in [5, 5.41) is 34.8. The highest BCUT2D eigenvalue weighted by Gasteiger charge is 2.54. The Labute approximate surface area is 330 Å². The smallest absolute Gasteiger partial charge is 0.311 e. The summed E-state index contributed by atoms with van der Waals surface area (Å²) in [6, 6.07) is -0.274. The third-order valence-corrected chi connectivity index (χ3v) is 12.6. The molecule has 3 fully saturated rings. The molecule has 0 aromatic heterocycles. The van der Waals surface area contributed by atoms with Crippen LogP contribution in [0.5, 0.6) is 0 Å². The van der Waals surface area contributed by atoms with Crippen molar-refractivity contribution in [3.8, 4) is 0 Å². The molecule has 3 saturated heterocycles. The van der Waals surface area contributed by atoms with E-state index in [1.807, 2.05) is 67.5 Å². The average molecular weight is 790 g/mol. The zero-order chi connectivity index (χ0) is 42.0. The summed E-state index contributed by atoms with van der Waals surface area (Å²) in [5.41, 5.74) is -4.01. The van der Waals surface area contributed by atoms with Gasteiger partial charge in [-0.05, 0) is 88.7 Å². The van der Waals surface area contributed by atoms with Gasteiger partial charge < -0.3 is 58.1 Å². The van der Waals surface area contributed by atoms with Crippen LogP contribution in [0.2, 0.25) is 0 Å². The van der Waals surface area contributed by atoms with Crippen LogP contribution in [-0.2, 0) is 47.5 Å². The van der Waals surface area contributed by atoms with Crippen LogP contribution in [0.15, 0.2) is 0 Å². The number of cyclic esters (lactones) is 1. The van der Waals surface area contributed by atoms with Crippen molar-refractivity contribution in [2.24, 2.45) is 23.7 Å². The summed E-state index contributed by atoms with van der Waals surface area (Å²) < 4.78 is 51.2. The number of Topliss-reactive ketones (excluding diaryl/α,β-unsaturated/α-hetero) is 1. The number of aliphatic hydroxyl groups is 3. The Morgan fingerprint density at radius 2 is 1.45 bits per heavy atom. The Morgan fingerprint density at radius 3 is 1.98 bits per heavy atom. The van der Waals surface area contributed by atoms with E-state index in [0.717, 1.165) is 0 Å². The van der Waals surface area contributed by atoms with Crippen LogP contribution in [0.25, 0.3) is 0 Å². The standard InChI is InChI=1S/C41H75NO13/c1-17-29-41(12,47)34(45)24(6)31(43)22(4)19-39(10,48-15)35(55-38-32(44)28(42(13)14)18-23(5)51-38)25(7)33(26(8)37(46)53-29)54-30-20-40(11,49-16)36(27(9)52-30)50-21(2)3/h21-30,32-36,38,44-45,47H,17-20H2,1-16H3/t22-,23-,24+,25+,26-,27+,28+,29-,30+,32-,33+,34-,35-,36?,38+,39-,40-,41-/m1/s1. The van der Waals surface area contributed by atoms with E-state index >= 15 is 0 Å². The van der Waals surface area contributed by atoms with Crippen molar-refractivity contribution in [3.63, 3.8) is 0 Å². The van der Waals surface area contributed by atoms with Crippen molar-refractivity contribution in [1.29, 1.82) is 0 Å². The molecule has 3 rings (SSSR count). The quantitative estimate of drug-likeness (QED) is 0.273. The number of nitrogens with zero attached hydrogens (tertiary/aromatic N) is 1. The third-order valence-electron chi connectivity index (χ3n) is 12.6. The highest BCUT2D eigenvalue weighted by atomic mass is 16.7. The number of ether oxygens (including phenoxy) is 8. The van der Waals surface area contributed by atoms with Crippen molar-refractivity contribution in [2.75, 3.05) is 28.3 Å². The number of carbonyl (C=O) groups excluding carboxylic acids is 2. The highest BCUT2D eigenvalue weighted by Crippen LogP contribution is 2.42. The molecule has 14 nitrogen and oxygen atoms in total. The minimum absolute atomic E-state index is 0.0892. The van der Waals surface area contributed by atoms with Gasteiger partial charge >= 0.3 is 5.97 Å². The first-order valence-corrected chi connectivity index (χ1v) is 20.3. The second kappa shape index (κ2) is 19.2. The van der Waals surface area contributed by atoms with Gasteiger partial charge in [0.2, 0.25) is 0 Å². The van der Waals surface area contributed by atoms with Gasteiger partial charge in [-0.15, -0.1) is 0 Å². The number of likely N-dealkylation sites (N-methyl/N-ethyl adjacent to an activating group) is 1. The van der Waals surface area contributed by atoms with Gasteiger partial charge in [0.1, 0.15) is 29.7 Å². The maximum Gasteiger partial charge on any atom is 0.311 e. The Hall–Kier alpha value is -1.30. The molecule has 322 valence electrons. The zero-order valence-electron chi connectivity index (χ0n) is 36.4. The Balaban J connectivity index is 2.22. The molecule has 0 radical (unpaired) electrons. The van der Waals surface area contributed by atoms with E-state index in [1.54, 1.807) is 34.8 Å². The molecular weight excluding hydrogens is 714 g/mol. The van der Waals surface area contributed by atoms with Crippen molar-refractivity contribution >= 4 is 11.8 Å². The third kappa shape index (κ3) is 10.7. The van der Waals surface area contributed by atoms with Crippen LogP contribution in [0.4, 0.5) is 0 Å². The van der Waals surface area contributed by atoms with E-state index in [-0.39, 0.29) is 43.3 Å². The molecule has 0 aliphatic carbocycles. The van der Waals surface area contributed by atoms with Crippen molar-refractivity contribution in [2.45, 2.75) is 199 Å². The van der Waals surface area contributed by atoms with E-state index < -0.39 is 102 Å². The molecule has 3 aliphatic heterocycles. The summed E-state index contributed by atoms with van der Waals surface area (Å²) >= 11 is 0. The molecule has 0 aromatic carbocycles. The van der Waals surface area contributed by atoms with Crippen molar-refractivity contribution < 1.29 is 62.8 Å². The summed E-state index contributed by atoms with van der Waals surface area (Å²) in [5.74, 6) is -4.36. The summed E-state index contributed by atoms with van der Waals surface area (Å²) in [4.78, 5) is 30.3. The topological polar surface area (TPSA) is 172 Å². The molecule has 0 amide bonds. The minimum atomic E-state index is -1.96. The monoisotopic (exact) mass is 790 g/mol. The molecule has 3 N–H and O–H groups in total. The number of hydrogen-bond acceptors (Lipinski definition) is 14. The molecule has 0 bridgehead atoms. The predicted octanol–water partition coefficient (Wildman–Crippen LogP) is 3.87. The molecule has 3 heterocycles. The Morgan fingerprint density at radius 1 is 0.873 bits per heavy atom. The molecule has 0 saturated carbocycles. The number of ketones is 1. The van der Waals surface area contributed by atoms with Crippen LogP contribution in [0.3, 0.4) is 0 Å². The number of carbonyl (C=O) groups is 2. The van der Waals surface area contributed by atoms with Gasteiger partial charge in [0.15, 0.2) is 12.6 Å². The number of aliphatic hydroxyl groups excluding tert-OH is 2. The molecule has 55 heavy (non-hydrogen) atoms. The lowest BCUT2D eigenvalue weighted by Gasteiger charge is -2.50. The molecule has 0 aromatic rings. The molecule has 3 aliphatic rings. The van der Waals surface area contributed by atoms with Crippen LogP contribution in [0.1, 0.15) is 109 Å². The summed E-state index contributed by atoms with van der Waals surface area (Å²) in [6.45, 7) is 21.5. The van der Waals surface area contributed by atoms with Crippen LogP contribution in [-0.4, -0.2) is 151 Å². The summed E-state index contributed by atoms with van der Waals surface area (Å²) in [7, 11) is 6.93. The number of methoxy groups -OCH3 is 2. The Bertz CT molecular complexity index is 1250. The van der Waals surface area contributed by atoms with E-state index in [4.69, 9.17) is 37.9 Å². The van der Waals surface area contributed by atoms with Gasteiger partial charge in [-0.1, -0.05) is 27.7 Å². The van der Waals surface area contributed by atoms with E-state index in [9.17, 15) is 24.9 Å². The van der Waals surface area contributed by atoms with Crippen LogP contribution >= 0.6 is 0 Å². The largest absolute Gasteiger partial charge is 0.459 e. The van der Waals surface area contributed by atoms with Gasteiger partial charge in [0.25, 0.3) is 0 Å². The van der Waals surface area contributed by atoms with Crippen molar-refractivity contribution in [3.05, 3.63) is 0 Å². The second-order valence-corrected chi connectivity index (χ2v) is 17.8. The first-order valence-electron chi connectivity index (χ1n) is 20.3. The van der Waals surface area contributed by atoms with E-state index in [2.05, 4.69) is 0 Å². The SMILES string of the molecule is CC[C@H]1OC(=O)[C@H](C)[C@@H](O[C@H]2C[C@@](C)(OC)C(OC(C)C)[C@H](C)O2)[C@H](C)[C@@H](O[C@@H]2O[C@H](C)C[C@H](N(C)C)[C@H]2O)[C@](C)(OC)C[C@@H](C)C(=O)[C@H](C)[C@@H](O)[C@]1(C)O. The molecule has 14 heteroatoms. The van der Waals surface area contributed by atoms with Crippen LogP contribution < -0.4 is 0 Å². The predicted molar refractivity (Wildman–Crippen MR) is 205 cm³/mol. The zero-order valence-corrected chi connectivity index (χ0v) is 36.4. The molecule has 18 atom stereocenters. The van der Waals surface area contributed by atoms with E-state index in [1.165, 1.54) is 14.0 Å². The lowest BCUT2D eigenvalue weighted by atomic mass is 9.74.